The van der Waals surface area contributed by atoms with Crippen LogP contribution in [0.15, 0.2) is 108 Å². The van der Waals surface area contributed by atoms with Crippen LogP contribution >= 0.6 is 11.3 Å². The van der Waals surface area contributed by atoms with Crippen LogP contribution in [0.3, 0.4) is 0 Å². The zero-order chi connectivity index (χ0) is 28.1. The predicted octanol–water partition coefficient (Wildman–Crippen LogP) is 7.79. The molecule has 202 valence electrons. The van der Waals surface area contributed by atoms with Gasteiger partial charge >= 0.3 is 0 Å². The lowest BCUT2D eigenvalue weighted by Crippen LogP contribution is -2.14. The summed E-state index contributed by atoms with van der Waals surface area (Å²) in [6, 6.07) is 31.5. The lowest BCUT2D eigenvalue weighted by molar-refractivity contribution is 0.102. The summed E-state index contributed by atoms with van der Waals surface area (Å²) in [5, 5.41) is 3.44. The molecule has 0 unspecified atom stereocenters. The standard InChI is InChI=1S/C32H29N3O3S2/c1-3-7-29-30(25-14-12-24(13-15-25)23-8-5-4-6-9-23)33-32(39-29)34-31(36)26-16-18-27(19-17-26)35-40(37,38)28-20-10-22(2)11-21-28/h4-6,8-21,35H,3,7H2,1-2H3,(H,33,34,36). The van der Waals surface area contributed by atoms with E-state index in [4.69, 9.17) is 4.98 Å². The molecule has 0 aliphatic rings. The molecule has 0 atom stereocenters. The first kappa shape index (κ1) is 27.3. The fourth-order valence-electron chi connectivity index (χ4n) is 4.27. The van der Waals surface area contributed by atoms with Crippen LogP contribution in [0.2, 0.25) is 0 Å². The second-order valence-electron chi connectivity index (χ2n) is 9.43. The molecule has 1 amide bonds. The van der Waals surface area contributed by atoms with Gasteiger partial charge in [0, 0.05) is 21.7 Å². The molecule has 8 heteroatoms. The van der Waals surface area contributed by atoms with Gasteiger partial charge < -0.3 is 0 Å². The summed E-state index contributed by atoms with van der Waals surface area (Å²) in [5.41, 5.74) is 5.92. The number of sulfonamides is 1. The van der Waals surface area contributed by atoms with Gasteiger partial charge in [0.2, 0.25) is 0 Å². The average molecular weight is 568 g/mol. The molecule has 0 saturated heterocycles. The van der Waals surface area contributed by atoms with Crippen LogP contribution in [0.5, 0.6) is 0 Å². The van der Waals surface area contributed by atoms with E-state index in [1.807, 2.05) is 25.1 Å². The van der Waals surface area contributed by atoms with E-state index in [-0.39, 0.29) is 10.8 Å². The van der Waals surface area contributed by atoms with E-state index < -0.39 is 10.0 Å². The third kappa shape index (κ3) is 6.30. The average Bonchev–Trinajstić information content (AvgIpc) is 3.36. The van der Waals surface area contributed by atoms with E-state index >= 15 is 0 Å². The van der Waals surface area contributed by atoms with Gasteiger partial charge in [-0.05, 0) is 60.9 Å². The molecule has 6 nitrogen and oxygen atoms in total. The van der Waals surface area contributed by atoms with Crippen LogP contribution in [0.1, 0.15) is 34.1 Å². The largest absolute Gasteiger partial charge is 0.298 e. The van der Waals surface area contributed by atoms with Crippen LogP contribution in [0, 0.1) is 6.92 Å². The zero-order valence-electron chi connectivity index (χ0n) is 22.2. The number of rotatable bonds is 9. The summed E-state index contributed by atoms with van der Waals surface area (Å²) < 4.78 is 27.9. The number of amides is 1. The minimum atomic E-state index is -3.72. The number of benzene rings is 4. The Morgan fingerprint density at radius 2 is 1.43 bits per heavy atom. The van der Waals surface area contributed by atoms with E-state index in [0.29, 0.717) is 16.4 Å². The summed E-state index contributed by atoms with van der Waals surface area (Å²) in [6.07, 6.45) is 1.82. The number of nitrogens with one attached hydrogen (secondary N) is 2. The van der Waals surface area contributed by atoms with E-state index in [1.54, 1.807) is 48.5 Å². The summed E-state index contributed by atoms with van der Waals surface area (Å²) in [4.78, 5) is 19.1. The first-order valence-corrected chi connectivity index (χ1v) is 15.3. The van der Waals surface area contributed by atoms with Crippen LogP contribution in [0.4, 0.5) is 10.8 Å². The van der Waals surface area contributed by atoms with Crippen molar-refractivity contribution in [3.63, 3.8) is 0 Å². The van der Waals surface area contributed by atoms with E-state index in [1.165, 1.54) is 11.3 Å². The molecule has 4 aromatic carbocycles. The number of aryl methyl sites for hydroxylation is 2. The van der Waals surface area contributed by atoms with Gasteiger partial charge in [-0.25, -0.2) is 13.4 Å². The molecule has 0 saturated carbocycles. The van der Waals surface area contributed by atoms with Gasteiger partial charge in [-0.1, -0.05) is 85.6 Å². The smallest absolute Gasteiger partial charge is 0.261 e. The maximum absolute atomic E-state index is 13.0. The number of carbonyl (C=O) groups is 1. The Balaban J connectivity index is 1.30. The van der Waals surface area contributed by atoms with Gasteiger partial charge in [0.1, 0.15) is 0 Å². The van der Waals surface area contributed by atoms with Crippen LogP contribution in [-0.4, -0.2) is 19.3 Å². The van der Waals surface area contributed by atoms with Gasteiger partial charge in [-0.2, -0.15) is 0 Å². The van der Waals surface area contributed by atoms with Crippen molar-refractivity contribution in [1.82, 2.24) is 4.98 Å². The second-order valence-corrected chi connectivity index (χ2v) is 12.2. The number of hydrogen-bond acceptors (Lipinski definition) is 5. The van der Waals surface area contributed by atoms with Crippen molar-refractivity contribution >= 4 is 38.1 Å². The minimum Gasteiger partial charge on any atom is -0.298 e. The highest BCUT2D eigenvalue weighted by Crippen LogP contribution is 2.33. The topological polar surface area (TPSA) is 88.2 Å². The number of hydrogen-bond donors (Lipinski definition) is 2. The maximum atomic E-state index is 13.0. The fraction of sp³-hybridized carbons (Fsp3) is 0.125. The van der Waals surface area contributed by atoms with E-state index in [0.717, 1.165) is 45.7 Å². The number of nitrogens with zero attached hydrogens (tertiary/aromatic N) is 1. The minimum absolute atomic E-state index is 0.178. The highest BCUT2D eigenvalue weighted by molar-refractivity contribution is 7.92. The number of anilines is 2. The molecule has 1 aromatic heterocycles. The maximum Gasteiger partial charge on any atom is 0.261 e. The lowest BCUT2D eigenvalue weighted by Gasteiger charge is -2.09. The van der Waals surface area contributed by atoms with Crippen molar-refractivity contribution in [2.75, 3.05) is 10.0 Å². The Kier molecular flexibility index (Phi) is 8.09. The molecule has 0 fully saturated rings. The van der Waals surface area contributed by atoms with E-state index in [9.17, 15) is 13.2 Å². The van der Waals surface area contributed by atoms with Crippen molar-refractivity contribution in [2.24, 2.45) is 0 Å². The number of aromatic nitrogens is 1. The molecular weight excluding hydrogens is 539 g/mol. The molecule has 5 aromatic rings. The van der Waals surface area contributed by atoms with Crippen molar-refractivity contribution in [3.05, 3.63) is 119 Å². The molecule has 40 heavy (non-hydrogen) atoms. The first-order valence-electron chi connectivity index (χ1n) is 13.0. The van der Waals surface area contributed by atoms with Crippen molar-refractivity contribution < 1.29 is 13.2 Å². The van der Waals surface area contributed by atoms with Crippen LogP contribution < -0.4 is 10.0 Å². The summed E-state index contributed by atoms with van der Waals surface area (Å²) in [7, 11) is -3.72. The Morgan fingerprint density at radius 1 is 0.800 bits per heavy atom. The highest BCUT2D eigenvalue weighted by atomic mass is 32.2. The van der Waals surface area contributed by atoms with Crippen molar-refractivity contribution in [2.45, 2.75) is 31.6 Å². The van der Waals surface area contributed by atoms with Crippen LogP contribution in [-0.2, 0) is 16.4 Å². The van der Waals surface area contributed by atoms with Crippen molar-refractivity contribution in [3.8, 4) is 22.4 Å². The van der Waals surface area contributed by atoms with Crippen molar-refractivity contribution in [1.29, 1.82) is 0 Å². The quantitative estimate of drug-likeness (QED) is 0.190. The molecule has 0 bridgehead atoms. The summed E-state index contributed by atoms with van der Waals surface area (Å²) >= 11 is 1.48. The fourth-order valence-corrected chi connectivity index (χ4v) is 6.41. The molecular formula is C32H29N3O3S2. The summed E-state index contributed by atoms with van der Waals surface area (Å²) in [6.45, 7) is 4.02. The van der Waals surface area contributed by atoms with Crippen LogP contribution in [0.25, 0.3) is 22.4 Å². The molecule has 5 rings (SSSR count). The van der Waals surface area contributed by atoms with Gasteiger partial charge in [-0.15, -0.1) is 11.3 Å². The Hall–Kier alpha value is -4.27. The van der Waals surface area contributed by atoms with Gasteiger partial charge in [0.15, 0.2) is 5.13 Å². The van der Waals surface area contributed by atoms with Gasteiger partial charge in [0.25, 0.3) is 15.9 Å². The molecule has 0 radical (unpaired) electrons. The molecule has 2 N–H and O–H groups in total. The second kappa shape index (κ2) is 11.9. The normalized spacial score (nSPS) is 11.2. The van der Waals surface area contributed by atoms with Gasteiger partial charge in [-0.3, -0.25) is 14.8 Å². The van der Waals surface area contributed by atoms with Gasteiger partial charge in [0.05, 0.1) is 10.6 Å². The monoisotopic (exact) mass is 567 g/mol. The highest BCUT2D eigenvalue weighted by Gasteiger charge is 2.17. The lowest BCUT2D eigenvalue weighted by atomic mass is 10.0. The number of carbonyl (C=O) groups excluding carboxylic acids is 1. The summed E-state index contributed by atoms with van der Waals surface area (Å²) in [5.74, 6) is -0.310. The molecule has 0 aliphatic heterocycles. The third-order valence-electron chi connectivity index (χ3n) is 6.39. The first-order chi connectivity index (χ1) is 19.3. The molecule has 0 aliphatic carbocycles. The Labute approximate surface area is 238 Å². The SMILES string of the molecule is CCCc1sc(NC(=O)c2ccc(NS(=O)(=O)c3ccc(C)cc3)cc2)nc1-c1ccc(-c2ccccc2)cc1. The third-order valence-corrected chi connectivity index (χ3v) is 8.82. The molecule has 0 spiro atoms. The Morgan fingerprint density at radius 3 is 2.08 bits per heavy atom. The Bertz CT molecular complexity index is 1710. The van der Waals surface area contributed by atoms with E-state index in [2.05, 4.69) is 53.4 Å². The number of thiazole rings is 1. The molecule has 1 heterocycles. The zero-order valence-corrected chi connectivity index (χ0v) is 23.9. The predicted molar refractivity (Wildman–Crippen MR) is 163 cm³/mol.